The number of phenolic OH excluding ortho intramolecular Hbond substituents is 3. The Morgan fingerprint density at radius 1 is 1.21 bits per heavy atom. The van der Waals surface area contributed by atoms with Crippen molar-refractivity contribution in [3.05, 3.63) is 11.6 Å². The molecule has 14 heavy (non-hydrogen) atoms. The minimum absolute atomic E-state index is 0.0565. The molecule has 0 amide bonds. The highest BCUT2D eigenvalue weighted by molar-refractivity contribution is 5.59. The average molecular weight is 198 g/mol. The summed E-state index contributed by atoms with van der Waals surface area (Å²) in [6.07, 6.45) is 1.40. The third-order valence-corrected chi connectivity index (χ3v) is 2.02. The molecule has 4 nitrogen and oxygen atoms in total. The van der Waals surface area contributed by atoms with Crippen molar-refractivity contribution in [3.8, 4) is 23.0 Å². The minimum atomic E-state index is -0.376. The third-order valence-electron chi connectivity index (χ3n) is 2.02. The predicted octanol–water partition coefficient (Wildman–Crippen LogP) is 1.76. The fourth-order valence-corrected chi connectivity index (χ4v) is 1.37. The van der Waals surface area contributed by atoms with Crippen LogP contribution in [0, 0.1) is 0 Å². The van der Waals surface area contributed by atoms with Gasteiger partial charge in [-0.2, -0.15) is 0 Å². The van der Waals surface area contributed by atoms with Gasteiger partial charge in [-0.05, 0) is 6.42 Å². The lowest BCUT2D eigenvalue weighted by molar-refractivity contribution is 0.340. The van der Waals surface area contributed by atoms with E-state index in [2.05, 4.69) is 0 Å². The first kappa shape index (κ1) is 10.5. The van der Waals surface area contributed by atoms with Gasteiger partial charge in [0.15, 0.2) is 11.5 Å². The zero-order valence-electron chi connectivity index (χ0n) is 8.24. The summed E-state index contributed by atoms with van der Waals surface area (Å²) < 4.78 is 4.92. The lowest BCUT2D eigenvalue weighted by Gasteiger charge is -2.12. The van der Waals surface area contributed by atoms with Crippen molar-refractivity contribution >= 4 is 0 Å². The van der Waals surface area contributed by atoms with Crippen molar-refractivity contribution in [3.63, 3.8) is 0 Å². The predicted molar refractivity (Wildman–Crippen MR) is 52.0 cm³/mol. The zero-order chi connectivity index (χ0) is 10.7. The maximum absolute atomic E-state index is 9.51. The molecule has 0 heterocycles. The van der Waals surface area contributed by atoms with Gasteiger partial charge in [-0.15, -0.1) is 0 Å². The van der Waals surface area contributed by atoms with Crippen LogP contribution in [0.5, 0.6) is 23.0 Å². The molecule has 78 valence electrons. The number of phenols is 3. The molecule has 0 saturated heterocycles. The van der Waals surface area contributed by atoms with Crippen LogP contribution in [0.15, 0.2) is 6.07 Å². The molecule has 3 N–H and O–H groups in total. The molecule has 0 unspecified atom stereocenters. The van der Waals surface area contributed by atoms with Crippen molar-refractivity contribution in [2.75, 3.05) is 7.11 Å². The fourth-order valence-electron chi connectivity index (χ4n) is 1.37. The first-order valence-corrected chi connectivity index (χ1v) is 4.42. The maximum Gasteiger partial charge on any atom is 0.201 e. The molecule has 0 aliphatic heterocycles. The Balaban J connectivity index is 3.31. The summed E-state index contributed by atoms with van der Waals surface area (Å²) in [6.45, 7) is 1.95. The molecule has 0 aliphatic carbocycles. The second-order valence-electron chi connectivity index (χ2n) is 3.03. The van der Waals surface area contributed by atoms with E-state index in [4.69, 9.17) is 4.74 Å². The molecule has 0 spiro atoms. The summed E-state index contributed by atoms with van der Waals surface area (Å²) in [5, 5.41) is 28.2. The van der Waals surface area contributed by atoms with E-state index in [9.17, 15) is 15.3 Å². The SMILES string of the molecule is CCCc1c(O)cc(O)c(O)c1OC. The lowest BCUT2D eigenvalue weighted by atomic mass is 10.1. The van der Waals surface area contributed by atoms with E-state index in [1.54, 1.807) is 0 Å². The van der Waals surface area contributed by atoms with Gasteiger partial charge in [-0.25, -0.2) is 0 Å². The average Bonchev–Trinajstić information content (AvgIpc) is 2.15. The molecule has 0 radical (unpaired) electrons. The van der Waals surface area contributed by atoms with Gasteiger partial charge in [-0.1, -0.05) is 13.3 Å². The fraction of sp³-hybridized carbons (Fsp3) is 0.400. The molecule has 0 bridgehead atoms. The molecule has 0 atom stereocenters. The number of rotatable bonds is 3. The van der Waals surface area contributed by atoms with Crippen LogP contribution < -0.4 is 4.74 Å². The molecule has 1 rings (SSSR count). The summed E-state index contributed by atoms with van der Waals surface area (Å²) in [7, 11) is 1.38. The van der Waals surface area contributed by atoms with Gasteiger partial charge in [-0.3, -0.25) is 0 Å². The van der Waals surface area contributed by atoms with Crippen LogP contribution in [-0.2, 0) is 6.42 Å². The van der Waals surface area contributed by atoms with Crippen LogP contribution in [0.1, 0.15) is 18.9 Å². The van der Waals surface area contributed by atoms with Crippen molar-refractivity contribution in [1.82, 2.24) is 0 Å². The normalized spacial score (nSPS) is 10.1. The largest absolute Gasteiger partial charge is 0.507 e. The number of hydrogen-bond donors (Lipinski definition) is 3. The molecule has 0 fully saturated rings. The van der Waals surface area contributed by atoms with Crippen LogP contribution >= 0.6 is 0 Å². The summed E-state index contributed by atoms with van der Waals surface area (Å²) >= 11 is 0. The van der Waals surface area contributed by atoms with Gasteiger partial charge in [0.1, 0.15) is 5.75 Å². The van der Waals surface area contributed by atoms with Crippen LogP contribution in [0.3, 0.4) is 0 Å². The van der Waals surface area contributed by atoms with Gasteiger partial charge in [0.05, 0.1) is 7.11 Å². The highest BCUT2D eigenvalue weighted by atomic mass is 16.5. The van der Waals surface area contributed by atoms with Crippen molar-refractivity contribution in [1.29, 1.82) is 0 Å². The molecular formula is C10H14O4. The van der Waals surface area contributed by atoms with Crippen molar-refractivity contribution < 1.29 is 20.1 Å². The van der Waals surface area contributed by atoms with Gasteiger partial charge in [0, 0.05) is 11.6 Å². The number of aromatic hydroxyl groups is 3. The summed E-state index contributed by atoms with van der Waals surface area (Å²) in [4.78, 5) is 0. The van der Waals surface area contributed by atoms with Crippen molar-refractivity contribution in [2.45, 2.75) is 19.8 Å². The molecule has 1 aromatic rings. The maximum atomic E-state index is 9.51. The van der Waals surface area contributed by atoms with E-state index in [1.807, 2.05) is 6.92 Å². The van der Waals surface area contributed by atoms with Gasteiger partial charge >= 0.3 is 0 Å². The van der Waals surface area contributed by atoms with Crippen LogP contribution in [0.25, 0.3) is 0 Å². The first-order chi connectivity index (χ1) is 6.61. The second-order valence-corrected chi connectivity index (χ2v) is 3.03. The molecule has 0 saturated carbocycles. The van der Waals surface area contributed by atoms with E-state index in [1.165, 1.54) is 7.11 Å². The Morgan fingerprint density at radius 3 is 2.36 bits per heavy atom. The van der Waals surface area contributed by atoms with E-state index in [0.717, 1.165) is 12.5 Å². The Hall–Kier alpha value is -1.58. The molecule has 0 aromatic heterocycles. The minimum Gasteiger partial charge on any atom is -0.507 e. The molecule has 0 aliphatic rings. The van der Waals surface area contributed by atoms with E-state index >= 15 is 0 Å². The summed E-state index contributed by atoms with van der Waals surface area (Å²) in [6, 6.07) is 1.11. The van der Waals surface area contributed by atoms with E-state index < -0.39 is 0 Å². The number of benzene rings is 1. The molecular weight excluding hydrogens is 184 g/mol. The van der Waals surface area contributed by atoms with Crippen LogP contribution in [-0.4, -0.2) is 22.4 Å². The quantitative estimate of drug-likeness (QED) is 0.511. The first-order valence-electron chi connectivity index (χ1n) is 4.42. The standard InChI is InChI=1S/C10H14O4/c1-3-4-6-7(11)5-8(12)9(13)10(6)14-2/h5,11-13H,3-4H2,1-2H3. The number of ether oxygens (including phenoxy) is 1. The van der Waals surface area contributed by atoms with Crippen LogP contribution in [0.4, 0.5) is 0 Å². The van der Waals surface area contributed by atoms with Gasteiger partial charge in [0.25, 0.3) is 0 Å². The van der Waals surface area contributed by atoms with Gasteiger partial charge in [0.2, 0.25) is 5.75 Å². The monoisotopic (exact) mass is 198 g/mol. The van der Waals surface area contributed by atoms with Crippen molar-refractivity contribution in [2.24, 2.45) is 0 Å². The smallest absolute Gasteiger partial charge is 0.201 e. The summed E-state index contributed by atoms with van der Waals surface area (Å²) in [5.74, 6) is -0.615. The summed E-state index contributed by atoms with van der Waals surface area (Å²) in [5.41, 5.74) is 0.519. The van der Waals surface area contributed by atoms with Gasteiger partial charge < -0.3 is 20.1 Å². The van der Waals surface area contributed by atoms with E-state index in [-0.39, 0.29) is 23.0 Å². The zero-order valence-corrected chi connectivity index (χ0v) is 8.24. The van der Waals surface area contributed by atoms with Crippen LogP contribution in [0.2, 0.25) is 0 Å². The third kappa shape index (κ3) is 1.69. The Kier molecular flexibility index (Phi) is 3.06. The highest BCUT2D eigenvalue weighted by Gasteiger charge is 2.16. The molecule has 4 heteroatoms. The lowest BCUT2D eigenvalue weighted by Crippen LogP contribution is -1.93. The molecule has 1 aromatic carbocycles. The second kappa shape index (κ2) is 4.09. The number of methoxy groups -OCH3 is 1. The Labute approximate surface area is 82.4 Å². The number of hydrogen-bond acceptors (Lipinski definition) is 4. The highest BCUT2D eigenvalue weighted by Crippen LogP contribution is 2.43. The Bertz CT molecular complexity index is 333. The Morgan fingerprint density at radius 2 is 1.86 bits per heavy atom. The van der Waals surface area contributed by atoms with E-state index in [0.29, 0.717) is 12.0 Å². The topological polar surface area (TPSA) is 69.9 Å².